The molecular weight excluding hydrogens is 438 g/mol. The largest absolute Gasteiger partial charge is 0.383 e. The molecule has 1 aromatic carbocycles. The van der Waals surface area contributed by atoms with Crippen molar-refractivity contribution < 1.29 is 0 Å². The van der Waals surface area contributed by atoms with E-state index in [2.05, 4.69) is 66.0 Å². The number of halogens is 1. The molecule has 1 aliphatic rings. The summed E-state index contributed by atoms with van der Waals surface area (Å²) in [4.78, 5) is 12.0. The molecule has 2 aromatic heterocycles. The molecule has 0 amide bonds. The zero-order valence-electron chi connectivity index (χ0n) is 15.9. The van der Waals surface area contributed by atoms with Gasteiger partial charge in [-0.05, 0) is 53.9 Å². The van der Waals surface area contributed by atoms with Gasteiger partial charge in [0.15, 0.2) is 5.16 Å². The summed E-state index contributed by atoms with van der Waals surface area (Å²) in [6.45, 7) is 7.04. The standard InChI is InChI=1S/C21H24BrN3S2/c1-21(2,3)13-6-9-15-16(10-13)27-19-17(15)18(23)24-20(25-19)26-11-12-4-7-14(22)8-5-12/h4-5,7-8,13H,6,9-11H2,1-3H3,(H2,23,24,25)/t13-/m0/s1. The van der Waals surface area contributed by atoms with Crippen LogP contribution in [0.25, 0.3) is 10.2 Å². The Hall–Kier alpha value is -1.11. The van der Waals surface area contributed by atoms with E-state index in [-0.39, 0.29) is 0 Å². The van der Waals surface area contributed by atoms with Crippen LogP contribution in [0.15, 0.2) is 33.9 Å². The van der Waals surface area contributed by atoms with Crippen LogP contribution in [0, 0.1) is 11.3 Å². The molecule has 4 rings (SSSR count). The molecule has 2 N–H and O–H groups in total. The SMILES string of the molecule is CC(C)(C)[C@H]1CCc2c(sc3nc(SCc4ccc(Br)cc4)nc(N)c23)C1. The van der Waals surface area contributed by atoms with Crippen molar-refractivity contribution in [1.82, 2.24) is 9.97 Å². The number of hydrogen-bond donors (Lipinski definition) is 1. The number of benzene rings is 1. The number of rotatable bonds is 3. The van der Waals surface area contributed by atoms with E-state index in [9.17, 15) is 0 Å². The first kappa shape index (κ1) is 19.2. The monoisotopic (exact) mass is 461 g/mol. The highest BCUT2D eigenvalue weighted by Gasteiger charge is 2.31. The number of hydrogen-bond acceptors (Lipinski definition) is 5. The van der Waals surface area contributed by atoms with E-state index in [1.165, 1.54) is 22.4 Å². The maximum Gasteiger partial charge on any atom is 0.191 e. The van der Waals surface area contributed by atoms with Gasteiger partial charge in [-0.25, -0.2) is 9.97 Å². The predicted molar refractivity (Wildman–Crippen MR) is 121 cm³/mol. The topological polar surface area (TPSA) is 51.8 Å². The Morgan fingerprint density at radius 2 is 1.96 bits per heavy atom. The van der Waals surface area contributed by atoms with Gasteiger partial charge in [-0.1, -0.05) is 60.6 Å². The van der Waals surface area contributed by atoms with Crippen molar-refractivity contribution >= 4 is 55.1 Å². The minimum atomic E-state index is 0.344. The lowest BCUT2D eigenvalue weighted by Gasteiger charge is -2.33. The third-order valence-corrected chi connectivity index (χ3v) is 8.02. The van der Waals surface area contributed by atoms with Crippen LogP contribution in [0.1, 0.15) is 43.2 Å². The van der Waals surface area contributed by atoms with Crippen LogP contribution in [0.5, 0.6) is 0 Å². The van der Waals surface area contributed by atoms with E-state index in [4.69, 9.17) is 10.7 Å². The van der Waals surface area contributed by atoms with Crippen molar-refractivity contribution in [2.24, 2.45) is 11.3 Å². The van der Waals surface area contributed by atoms with Crippen molar-refractivity contribution in [3.8, 4) is 0 Å². The van der Waals surface area contributed by atoms with Gasteiger partial charge in [0.2, 0.25) is 0 Å². The second kappa shape index (κ2) is 7.37. The van der Waals surface area contributed by atoms with Gasteiger partial charge >= 0.3 is 0 Å². The Balaban J connectivity index is 1.60. The number of nitrogens with zero attached hydrogens (tertiary/aromatic N) is 2. The van der Waals surface area contributed by atoms with E-state index in [1.54, 1.807) is 11.8 Å². The summed E-state index contributed by atoms with van der Waals surface area (Å²) in [5.41, 5.74) is 9.37. The highest BCUT2D eigenvalue weighted by Crippen LogP contribution is 2.44. The summed E-state index contributed by atoms with van der Waals surface area (Å²) in [7, 11) is 0. The van der Waals surface area contributed by atoms with Crippen molar-refractivity contribution in [3.63, 3.8) is 0 Å². The van der Waals surface area contributed by atoms with Crippen LogP contribution < -0.4 is 5.73 Å². The van der Waals surface area contributed by atoms with Crippen LogP contribution in [-0.4, -0.2) is 9.97 Å². The number of aryl methyl sites for hydroxylation is 1. The number of anilines is 1. The first-order chi connectivity index (χ1) is 12.8. The fourth-order valence-electron chi connectivity index (χ4n) is 3.72. The first-order valence-electron chi connectivity index (χ1n) is 9.26. The molecule has 3 aromatic rings. The molecule has 0 aliphatic heterocycles. The van der Waals surface area contributed by atoms with Crippen molar-refractivity contribution in [1.29, 1.82) is 0 Å². The lowest BCUT2D eigenvalue weighted by Crippen LogP contribution is -2.26. The normalized spacial score (nSPS) is 17.3. The third kappa shape index (κ3) is 4.03. The van der Waals surface area contributed by atoms with Crippen LogP contribution >= 0.6 is 39.0 Å². The molecule has 6 heteroatoms. The molecule has 27 heavy (non-hydrogen) atoms. The molecule has 0 saturated heterocycles. The Kier molecular flexibility index (Phi) is 5.25. The highest BCUT2D eigenvalue weighted by molar-refractivity contribution is 9.10. The Morgan fingerprint density at radius 3 is 2.67 bits per heavy atom. The number of fused-ring (bicyclic) bond motifs is 3. The van der Waals surface area contributed by atoms with E-state index >= 15 is 0 Å². The number of thiophene rings is 1. The quantitative estimate of drug-likeness (QED) is 0.358. The van der Waals surface area contributed by atoms with E-state index in [1.807, 2.05) is 11.3 Å². The maximum absolute atomic E-state index is 6.37. The Bertz CT molecular complexity index is 974. The molecule has 2 heterocycles. The molecule has 1 atom stereocenters. The van der Waals surface area contributed by atoms with Gasteiger partial charge in [-0.2, -0.15) is 0 Å². The number of thioether (sulfide) groups is 1. The maximum atomic E-state index is 6.37. The summed E-state index contributed by atoms with van der Waals surface area (Å²) < 4.78 is 1.09. The summed E-state index contributed by atoms with van der Waals surface area (Å²) in [5, 5.41) is 1.88. The van der Waals surface area contributed by atoms with Crippen molar-refractivity contribution in [3.05, 3.63) is 44.7 Å². The zero-order valence-corrected chi connectivity index (χ0v) is 19.1. The van der Waals surface area contributed by atoms with Crippen molar-refractivity contribution in [2.75, 3.05) is 5.73 Å². The van der Waals surface area contributed by atoms with Crippen LogP contribution in [0.2, 0.25) is 0 Å². The summed E-state index contributed by atoms with van der Waals surface area (Å²) in [6, 6.07) is 8.37. The van der Waals surface area contributed by atoms with Gasteiger partial charge in [0.05, 0.1) is 5.39 Å². The van der Waals surface area contributed by atoms with Gasteiger partial charge in [0.25, 0.3) is 0 Å². The van der Waals surface area contributed by atoms with Gasteiger partial charge in [-0.15, -0.1) is 11.3 Å². The van der Waals surface area contributed by atoms with E-state index in [0.717, 1.165) is 44.4 Å². The molecule has 0 radical (unpaired) electrons. The van der Waals surface area contributed by atoms with Crippen molar-refractivity contribution in [2.45, 2.75) is 50.9 Å². The average Bonchev–Trinajstić information content (AvgIpc) is 2.98. The molecule has 0 unspecified atom stereocenters. The third-order valence-electron chi connectivity index (χ3n) is 5.42. The second-order valence-electron chi connectivity index (χ2n) is 8.30. The Labute approximate surface area is 177 Å². The molecule has 1 aliphatic carbocycles. The molecule has 0 fully saturated rings. The molecule has 0 saturated carbocycles. The summed E-state index contributed by atoms with van der Waals surface area (Å²) in [6.07, 6.45) is 3.46. The molecule has 142 valence electrons. The zero-order chi connectivity index (χ0) is 19.2. The number of nitrogen functional groups attached to an aromatic ring is 1. The molecule has 3 nitrogen and oxygen atoms in total. The molecule has 0 spiro atoms. The molecule has 0 bridgehead atoms. The van der Waals surface area contributed by atoms with Crippen LogP contribution in [-0.2, 0) is 18.6 Å². The highest BCUT2D eigenvalue weighted by atomic mass is 79.9. The van der Waals surface area contributed by atoms with Crippen LogP contribution in [0.4, 0.5) is 5.82 Å². The smallest absolute Gasteiger partial charge is 0.191 e. The minimum Gasteiger partial charge on any atom is -0.383 e. The summed E-state index contributed by atoms with van der Waals surface area (Å²) in [5.74, 6) is 2.21. The number of aromatic nitrogens is 2. The second-order valence-corrected chi connectivity index (χ2v) is 11.2. The number of nitrogens with two attached hydrogens (primary N) is 1. The van der Waals surface area contributed by atoms with Gasteiger partial charge in [-0.3, -0.25) is 0 Å². The van der Waals surface area contributed by atoms with Gasteiger partial charge in [0, 0.05) is 15.1 Å². The average molecular weight is 462 g/mol. The minimum absolute atomic E-state index is 0.344. The molecular formula is C21H24BrN3S2. The van der Waals surface area contributed by atoms with E-state index in [0.29, 0.717) is 11.2 Å². The van der Waals surface area contributed by atoms with Gasteiger partial charge in [0.1, 0.15) is 10.6 Å². The van der Waals surface area contributed by atoms with Gasteiger partial charge < -0.3 is 5.73 Å². The lowest BCUT2D eigenvalue weighted by atomic mass is 9.72. The lowest BCUT2D eigenvalue weighted by molar-refractivity contribution is 0.218. The summed E-state index contributed by atoms with van der Waals surface area (Å²) >= 11 is 6.94. The fraction of sp³-hybridized carbons (Fsp3) is 0.429. The Morgan fingerprint density at radius 1 is 1.22 bits per heavy atom. The first-order valence-corrected chi connectivity index (χ1v) is 11.9. The van der Waals surface area contributed by atoms with E-state index < -0.39 is 0 Å². The predicted octanol–water partition coefficient (Wildman–Crippen LogP) is 6.48. The van der Waals surface area contributed by atoms with Crippen LogP contribution in [0.3, 0.4) is 0 Å². The fourth-order valence-corrected chi connectivity index (χ4v) is 6.15.